The third-order valence-electron chi connectivity index (χ3n) is 13.1. The number of hydrogen-bond acceptors (Lipinski definition) is 9. The van der Waals surface area contributed by atoms with Crippen LogP contribution in [0.2, 0.25) is 5.02 Å². The number of carbonyl (C=O) groups is 4. The fraction of sp³-hybridized carbons (Fsp3) is 0.188. The summed E-state index contributed by atoms with van der Waals surface area (Å²) in [6.07, 6.45) is 4.14. The molecular formula is C48H34ClFN4O7. The zero-order valence-electron chi connectivity index (χ0n) is 32.1. The van der Waals surface area contributed by atoms with Gasteiger partial charge in [-0.2, -0.15) is 5.01 Å². The maximum absolute atomic E-state index is 15.5. The molecule has 4 amide bonds. The number of fused-ring (bicyclic) bond motifs is 6. The van der Waals surface area contributed by atoms with Crippen LogP contribution >= 0.6 is 11.6 Å². The van der Waals surface area contributed by atoms with Crippen LogP contribution in [-0.2, 0) is 31.0 Å². The first kappa shape index (κ1) is 37.0. The van der Waals surface area contributed by atoms with Crippen LogP contribution in [0.5, 0.6) is 11.5 Å². The molecule has 0 spiro atoms. The highest BCUT2D eigenvalue weighted by molar-refractivity contribution is 6.30. The van der Waals surface area contributed by atoms with Gasteiger partial charge in [0.05, 0.1) is 40.8 Å². The highest BCUT2D eigenvalue weighted by Crippen LogP contribution is 2.63. The van der Waals surface area contributed by atoms with Crippen LogP contribution in [0.25, 0.3) is 22.6 Å². The van der Waals surface area contributed by atoms with Gasteiger partial charge in [-0.3, -0.25) is 29.5 Å². The largest absolute Gasteiger partial charge is 0.508 e. The van der Waals surface area contributed by atoms with Gasteiger partial charge < -0.3 is 14.3 Å². The molecule has 0 radical (unpaired) electrons. The Morgan fingerprint density at radius 2 is 1.62 bits per heavy atom. The van der Waals surface area contributed by atoms with E-state index in [1.165, 1.54) is 35.2 Å². The molecule has 1 aromatic heterocycles. The van der Waals surface area contributed by atoms with E-state index in [1.54, 1.807) is 66.9 Å². The van der Waals surface area contributed by atoms with Gasteiger partial charge in [0, 0.05) is 28.5 Å². The van der Waals surface area contributed by atoms with Gasteiger partial charge in [0.25, 0.3) is 11.8 Å². The van der Waals surface area contributed by atoms with Crippen molar-refractivity contribution in [3.05, 3.63) is 161 Å². The number of carbonyl (C=O) groups excluding carboxylic acids is 4. The third-order valence-corrected chi connectivity index (χ3v) is 13.3. The van der Waals surface area contributed by atoms with E-state index in [9.17, 15) is 19.1 Å². The number of para-hydroxylation sites is 2. The minimum absolute atomic E-state index is 0.0361. The number of allylic oxidation sites excluding steroid dienone is 3. The molecule has 0 bridgehead atoms. The molecule has 6 aromatic rings. The van der Waals surface area contributed by atoms with Crippen LogP contribution in [0.4, 0.5) is 15.8 Å². The number of benzene rings is 5. The SMILES string of the molecule is O=C1[C@@H]2C[C@@H]3C(=CC[C@@H]4C(=O)N(c5ccc(-c6nc7ccccc7o6)cc5)C(=O)[C@@H]43)[C@H](C3=COc4ccc(O)cc4C3)[C@]2(c2ccc(Cl)cc2)C(=O)N1Nc1ccc(F)cc1. The van der Waals surface area contributed by atoms with Crippen molar-refractivity contribution in [2.24, 2.45) is 29.6 Å². The highest BCUT2D eigenvalue weighted by Gasteiger charge is 2.70. The van der Waals surface area contributed by atoms with Crippen molar-refractivity contribution in [1.82, 2.24) is 9.99 Å². The quantitative estimate of drug-likeness (QED) is 0.125. The van der Waals surface area contributed by atoms with E-state index in [-0.39, 0.29) is 36.8 Å². The summed E-state index contributed by atoms with van der Waals surface area (Å²) >= 11 is 6.43. The Morgan fingerprint density at radius 3 is 2.39 bits per heavy atom. The molecule has 61 heavy (non-hydrogen) atoms. The summed E-state index contributed by atoms with van der Waals surface area (Å²) in [5, 5.41) is 11.9. The predicted octanol–water partition coefficient (Wildman–Crippen LogP) is 8.53. The van der Waals surface area contributed by atoms with Gasteiger partial charge in [0.2, 0.25) is 17.7 Å². The van der Waals surface area contributed by atoms with Gasteiger partial charge in [-0.15, -0.1) is 0 Å². The third kappa shape index (κ3) is 5.58. The number of nitrogens with one attached hydrogen (secondary N) is 1. The maximum Gasteiger partial charge on any atom is 0.260 e. The number of ether oxygens (including phenoxy) is 1. The second-order valence-corrected chi connectivity index (χ2v) is 16.6. The first-order valence-electron chi connectivity index (χ1n) is 20.0. The summed E-state index contributed by atoms with van der Waals surface area (Å²) in [7, 11) is 0. The van der Waals surface area contributed by atoms with Crippen molar-refractivity contribution < 1.29 is 37.8 Å². The van der Waals surface area contributed by atoms with Crippen molar-refractivity contribution in [3.63, 3.8) is 0 Å². The molecule has 5 aliphatic rings. The summed E-state index contributed by atoms with van der Waals surface area (Å²) in [5.41, 5.74) is 6.76. The van der Waals surface area contributed by atoms with Gasteiger partial charge in [0.1, 0.15) is 22.8 Å². The van der Waals surface area contributed by atoms with Crippen LogP contribution < -0.4 is 15.1 Å². The fourth-order valence-electron chi connectivity index (χ4n) is 10.5. The smallest absolute Gasteiger partial charge is 0.260 e. The molecule has 1 saturated carbocycles. The number of anilines is 2. The summed E-state index contributed by atoms with van der Waals surface area (Å²) in [6.45, 7) is 0. The van der Waals surface area contributed by atoms with E-state index in [1.807, 2.05) is 30.3 Å². The topological polar surface area (TPSA) is 142 Å². The lowest BCUT2D eigenvalue weighted by Crippen LogP contribution is -2.55. The number of phenols is 1. The highest BCUT2D eigenvalue weighted by atomic mass is 35.5. The second kappa shape index (κ2) is 13.7. The number of hydrogen-bond donors (Lipinski definition) is 2. The van der Waals surface area contributed by atoms with Crippen molar-refractivity contribution in [1.29, 1.82) is 0 Å². The predicted molar refractivity (Wildman–Crippen MR) is 222 cm³/mol. The van der Waals surface area contributed by atoms with Gasteiger partial charge in [0.15, 0.2) is 5.58 Å². The minimum Gasteiger partial charge on any atom is -0.508 e. The normalized spacial score (nSPS) is 25.4. The van der Waals surface area contributed by atoms with Gasteiger partial charge in [-0.25, -0.2) is 9.37 Å². The molecule has 13 heteroatoms. The summed E-state index contributed by atoms with van der Waals surface area (Å²) in [5.74, 6) is -5.35. The van der Waals surface area contributed by atoms with Crippen molar-refractivity contribution in [2.75, 3.05) is 10.3 Å². The summed E-state index contributed by atoms with van der Waals surface area (Å²) in [6, 6.07) is 31.4. The lowest BCUT2D eigenvalue weighted by molar-refractivity contribution is -0.139. The molecule has 3 aliphatic heterocycles. The van der Waals surface area contributed by atoms with Crippen molar-refractivity contribution in [2.45, 2.75) is 24.7 Å². The lowest BCUT2D eigenvalue weighted by Gasteiger charge is -2.51. The Kier molecular flexibility index (Phi) is 8.34. The average molecular weight is 833 g/mol. The standard InChI is InChI=1S/C48H34ClFN4O7/c49-29-9-7-28(8-10-29)48-37(45(57)54(47(48)59)52-31-13-11-30(50)12-14-31)23-36-34(42(48)27-21-26-22-33(55)17-20-39(26)60-24-27)18-19-35-41(36)46(58)53(44(35)56)32-15-5-25(6-16-32)43-51-38-3-1-2-4-40(38)61-43/h1-18,20,22,24,35-37,41-42,52,55H,19,21,23H2/t35-,36+,37-,41-,42-,48+/m0/s1. The van der Waals surface area contributed by atoms with Gasteiger partial charge in [-0.1, -0.05) is 47.5 Å². The number of hydrazine groups is 1. The number of phenolic OH excluding ortho intramolecular Hbond substituents is 1. The molecule has 4 heterocycles. The van der Waals surface area contributed by atoms with E-state index in [0.29, 0.717) is 61.4 Å². The van der Waals surface area contributed by atoms with Crippen LogP contribution in [0.15, 0.2) is 143 Å². The molecule has 3 fully saturated rings. The molecule has 6 atom stereocenters. The number of nitrogens with zero attached hydrogens (tertiary/aromatic N) is 3. The first-order valence-corrected chi connectivity index (χ1v) is 20.4. The number of imide groups is 2. The Balaban J connectivity index is 1.02. The van der Waals surface area contributed by atoms with Gasteiger partial charge >= 0.3 is 0 Å². The molecule has 302 valence electrons. The molecule has 2 saturated heterocycles. The molecule has 11 rings (SSSR count). The zero-order valence-corrected chi connectivity index (χ0v) is 32.9. The zero-order chi connectivity index (χ0) is 41.7. The Labute approximate surface area is 352 Å². The fourth-order valence-corrected chi connectivity index (χ4v) is 10.6. The maximum atomic E-state index is 15.5. The molecular weight excluding hydrogens is 799 g/mol. The lowest BCUT2D eigenvalue weighted by atomic mass is 9.48. The number of aromatic hydroxyl groups is 1. The van der Waals surface area contributed by atoms with Crippen LogP contribution in [-0.4, -0.2) is 38.7 Å². The first-order chi connectivity index (χ1) is 29.6. The minimum atomic E-state index is -1.57. The van der Waals surface area contributed by atoms with E-state index < -0.39 is 52.6 Å². The van der Waals surface area contributed by atoms with Crippen molar-refractivity contribution >= 4 is 57.7 Å². The van der Waals surface area contributed by atoms with E-state index in [2.05, 4.69) is 10.4 Å². The monoisotopic (exact) mass is 832 g/mol. The average Bonchev–Trinajstić information content (AvgIpc) is 3.89. The number of aromatic nitrogens is 1. The molecule has 5 aromatic carbocycles. The van der Waals surface area contributed by atoms with E-state index in [4.69, 9.17) is 20.8 Å². The van der Waals surface area contributed by atoms with E-state index in [0.717, 1.165) is 10.6 Å². The summed E-state index contributed by atoms with van der Waals surface area (Å²) in [4.78, 5) is 65.6. The molecule has 2 N–H and O–H groups in total. The number of halogens is 2. The molecule has 0 unspecified atom stereocenters. The number of rotatable bonds is 6. The van der Waals surface area contributed by atoms with Crippen LogP contribution in [0, 0.1) is 35.4 Å². The Morgan fingerprint density at radius 1 is 0.852 bits per heavy atom. The Bertz CT molecular complexity index is 2880. The van der Waals surface area contributed by atoms with Gasteiger partial charge in [-0.05, 0) is 121 Å². The van der Waals surface area contributed by atoms with Crippen LogP contribution in [0.1, 0.15) is 24.0 Å². The van der Waals surface area contributed by atoms with Crippen LogP contribution in [0.3, 0.4) is 0 Å². The van der Waals surface area contributed by atoms with E-state index >= 15 is 9.59 Å². The number of oxazole rings is 1. The Hall–Kier alpha value is -7.05. The molecule has 11 nitrogen and oxygen atoms in total. The molecule has 2 aliphatic carbocycles. The summed E-state index contributed by atoms with van der Waals surface area (Å²) < 4.78 is 26.2. The van der Waals surface area contributed by atoms with Crippen molar-refractivity contribution in [3.8, 4) is 23.0 Å². The number of amides is 4. The second-order valence-electron chi connectivity index (χ2n) is 16.2.